The third-order valence-corrected chi connectivity index (χ3v) is 12.4. The molecule has 0 aromatic rings. The summed E-state index contributed by atoms with van der Waals surface area (Å²) in [5.74, 6) is 0. The van der Waals surface area contributed by atoms with Crippen LogP contribution in [0.4, 0.5) is 0 Å². The van der Waals surface area contributed by atoms with E-state index >= 15 is 0 Å². The maximum Gasteiger partial charge on any atom is 0.122 e. The molecule has 4 nitrogen and oxygen atoms in total. The third kappa shape index (κ3) is 2.73. The number of hydrogen-bond donors (Lipinski definition) is 1. The first-order valence-electron chi connectivity index (χ1n) is 13.4. The second kappa shape index (κ2) is 6.39. The van der Waals surface area contributed by atoms with Crippen LogP contribution in [0.1, 0.15) is 132 Å². The Balaban J connectivity index is 2.55. The smallest absolute Gasteiger partial charge is 0.122 e. The van der Waals surface area contributed by atoms with E-state index in [-0.39, 0.29) is 56.1 Å². The van der Waals surface area contributed by atoms with Crippen molar-refractivity contribution in [3.63, 3.8) is 0 Å². The first kappa shape index (κ1) is 27.4. The van der Waals surface area contributed by atoms with E-state index in [4.69, 9.17) is 0 Å². The quantitative estimate of drug-likeness (QED) is 0.536. The Morgan fingerprint density at radius 2 is 0.636 bits per heavy atom. The molecule has 0 amide bonds. The summed E-state index contributed by atoms with van der Waals surface area (Å²) in [4.78, 5) is 10.4. The first-order chi connectivity index (χ1) is 14.1. The van der Waals surface area contributed by atoms with Crippen LogP contribution >= 0.6 is 0 Å². The Kier molecular flexibility index (Phi) is 5.31. The minimum absolute atomic E-state index is 0.00164. The molecule has 0 aliphatic carbocycles. The lowest BCUT2D eigenvalue weighted by molar-refractivity contribution is -1.04. The van der Waals surface area contributed by atoms with Gasteiger partial charge in [0.1, 0.15) is 17.4 Å². The predicted octanol–water partition coefficient (Wildman–Crippen LogP) is 5.13. The number of rotatable bonds is 0. The zero-order chi connectivity index (χ0) is 26.4. The zero-order valence-electron chi connectivity index (χ0n) is 25.9. The van der Waals surface area contributed by atoms with Gasteiger partial charge in [0.25, 0.3) is 0 Å². The molecule has 4 heteroatoms. The SMILES string of the molecule is CC(C)(C)[NH+]1C(C)(C)C(C)(C)N2C3N(C(C)(C)C2(C)C)C(C)(C)C(C)(C)N3C(C)(C)C1(C)C. The van der Waals surface area contributed by atoms with Crippen LogP contribution in [-0.4, -0.2) is 70.8 Å². The number of hydrogen-bond acceptors (Lipinski definition) is 3. The number of nitrogens with zero attached hydrogens (tertiary/aromatic N) is 3. The predicted molar refractivity (Wildman–Crippen MR) is 143 cm³/mol. The van der Waals surface area contributed by atoms with E-state index in [1.165, 1.54) is 0 Å². The second-order valence-electron chi connectivity index (χ2n) is 16.7. The van der Waals surface area contributed by atoms with Gasteiger partial charge in [-0.2, -0.15) is 0 Å². The molecule has 0 aromatic heterocycles. The lowest BCUT2D eigenvalue weighted by atomic mass is 9.65. The molecule has 0 spiro atoms. The molecule has 3 rings (SSSR count). The van der Waals surface area contributed by atoms with E-state index < -0.39 is 0 Å². The molecule has 0 saturated carbocycles. The summed E-state index contributed by atoms with van der Waals surface area (Å²) in [6, 6.07) is 0. The summed E-state index contributed by atoms with van der Waals surface area (Å²) < 4.78 is 0. The Labute approximate surface area is 207 Å². The van der Waals surface area contributed by atoms with Gasteiger partial charge in [0.2, 0.25) is 0 Å². The normalized spacial score (nSPS) is 34.6. The second-order valence-corrected chi connectivity index (χ2v) is 16.7. The highest BCUT2D eigenvalue weighted by molar-refractivity contribution is 5.29. The molecule has 0 unspecified atom stereocenters. The minimum Gasteiger partial charge on any atom is -0.319 e. The van der Waals surface area contributed by atoms with Crippen LogP contribution in [0.5, 0.6) is 0 Å². The summed E-state index contributed by atoms with van der Waals surface area (Å²) in [7, 11) is 0. The lowest BCUT2D eigenvalue weighted by Crippen LogP contribution is -3.35. The Morgan fingerprint density at radius 1 is 0.424 bits per heavy atom. The topological polar surface area (TPSA) is 14.2 Å². The average molecular weight is 464 g/mol. The van der Waals surface area contributed by atoms with Crippen molar-refractivity contribution in [3.8, 4) is 0 Å². The van der Waals surface area contributed by atoms with Crippen molar-refractivity contribution >= 4 is 0 Å². The molecule has 3 saturated heterocycles. The van der Waals surface area contributed by atoms with Gasteiger partial charge in [0, 0.05) is 22.2 Å². The molecule has 3 aliphatic heterocycles. The van der Waals surface area contributed by atoms with Gasteiger partial charge < -0.3 is 4.90 Å². The van der Waals surface area contributed by atoms with Crippen molar-refractivity contribution in [1.82, 2.24) is 14.7 Å². The van der Waals surface area contributed by atoms with Crippen molar-refractivity contribution in [2.45, 2.75) is 188 Å². The van der Waals surface area contributed by atoms with E-state index in [0.717, 1.165) is 0 Å². The van der Waals surface area contributed by atoms with Gasteiger partial charge in [0.05, 0.1) is 16.6 Å². The highest BCUT2D eigenvalue weighted by atomic mass is 15.7. The molecule has 0 bridgehead atoms. The molecule has 194 valence electrons. The Bertz CT molecular complexity index is 759. The number of quaternary nitrogens is 1. The van der Waals surface area contributed by atoms with E-state index in [9.17, 15) is 0 Å². The van der Waals surface area contributed by atoms with Crippen LogP contribution in [0.25, 0.3) is 0 Å². The van der Waals surface area contributed by atoms with Gasteiger partial charge in [-0.25, -0.2) is 0 Å². The molecule has 3 aliphatic rings. The van der Waals surface area contributed by atoms with Gasteiger partial charge in [0.15, 0.2) is 0 Å². The Morgan fingerprint density at radius 3 is 0.848 bits per heavy atom. The van der Waals surface area contributed by atoms with E-state index in [1.54, 1.807) is 4.90 Å². The summed E-state index contributed by atoms with van der Waals surface area (Å²) >= 11 is 0. The summed E-state index contributed by atoms with van der Waals surface area (Å²) in [6.45, 7) is 47.6. The van der Waals surface area contributed by atoms with Gasteiger partial charge >= 0.3 is 0 Å². The van der Waals surface area contributed by atoms with Crippen molar-refractivity contribution in [1.29, 1.82) is 0 Å². The molecule has 0 atom stereocenters. The Hall–Kier alpha value is -0.160. The van der Waals surface area contributed by atoms with E-state index in [2.05, 4.69) is 146 Å². The minimum atomic E-state index is -0.0572. The molecule has 0 aromatic carbocycles. The van der Waals surface area contributed by atoms with Crippen LogP contribution in [-0.2, 0) is 0 Å². The average Bonchev–Trinajstić information content (AvgIpc) is 2.76. The zero-order valence-corrected chi connectivity index (χ0v) is 25.9. The molecule has 33 heavy (non-hydrogen) atoms. The van der Waals surface area contributed by atoms with Gasteiger partial charge in [-0.3, -0.25) is 14.7 Å². The van der Waals surface area contributed by atoms with E-state index in [0.29, 0.717) is 0 Å². The first-order valence-corrected chi connectivity index (χ1v) is 13.4. The monoisotopic (exact) mass is 463 g/mol. The van der Waals surface area contributed by atoms with Gasteiger partial charge in [-0.05, 0) is 132 Å². The molecular formula is C29H59N4+. The van der Waals surface area contributed by atoms with Crippen LogP contribution < -0.4 is 4.90 Å². The van der Waals surface area contributed by atoms with Crippen molar-refractivity contribution in [3.05, 3.63) is 0 Å². The molecule has 0 radical (unpaired) electrons. The van der Waals surface area contributed by atoms with Crippen LogP contribution in [0.3, 0.4) is 0 Å². The maximum absolute atomic E-state index is 2.93. The fraction of sp³-hybridized carbons (Fsp3) is 1.00. The summed E-state index contributed by atoms with van der Waals surface area (Å²) in [5, 5.41) is 0. The molecule has 1 N–H and O–H groups in total. The molecule has 3 fully saturated rings. The highest BCUT2D eigenvalue weighted by Crippen LogP contribution is 2.62. The van der Waals surface area contributed by atoms with Crippen LogP contribution in [0.2, 0.25) is 0 Å². The van der Waals surface area contributed by atoms with Crippen molar-refractivity contribution in [2.75, 3.05) is 0 Å². The standard InChI is InChI=1S/C29H58N4/c1-21(2,3)33-28(16,17)26(12,13)31-20-30(22(4,5)24(31,8)9)23(6,7)25(10,11)32(20)27(14,15)29(33,18)19/h20H,1-19H3/p+1. The van der Waals surface area contributed by atoms with Crippen molar-refractivity contribution < 1.29 is 4.90 Å². The highest BCUT2D eigenvalue weighted by Gasteiger charge is 2.79. The van der Waals surface area contributed by atoms with Gasteiger partial charge in [-0.1, -0.05) is 0 Å². The van der Waals surface area contributed by atoms with Gasteiger partial charge in [-0.15, -0.1) is 0 Å². The summed E-state index contributed by atoms with van der Waals surface area (Å²) in [6.07, 6.45) is 0.241. The van der Waals surface area contributed by atoms with Crippen molar-refractivity contribution in [2.24, 2.45) is 0 Å². The fourth-order valence-electron chi connectivity index (χ4n) is 9.22. The van der Waals surface area contributed by atoms with E-state index in [1.807, 2.05) is 0 Å². The molecule has 3 heterocycles. The molecular weight excluding hydrogens is 404 g/mol. The maximum atomic E-state index is 2.93. The number of nitrogens with one attached hydrogen (secondary N) is 1. The largest absolute Gasteiger partial charge is 0.319 e. The lowest BCUT2D eigenvalue weighted by Gasteiger charge is -2.69. The third-order valence-electron chi connectivity index (χ3n) is 12.4. The van der Waals surface area contributed by atoms with Crippen LogP contribution in [0, 0.1) is 0 Å². The van der Waals surface area contributed by atoms with Crippen LogP contribution in [0.15, 0.2) is 0 Å². The summed E-state index contributed by atoms with van der Waals surface area (Å²) in [5.41, 5.74) is -0.0316. The fourth-order valence-corrected chi connectivity index (χ4v) is 9.22.